The van der Waals surface area contributed by atoms with Crippen LogP contribution in [0.3, 0.4) is 0 Å². The summed E-state index contributed by atoms with van der Waals surface area (Å²) in [4.78, 5) is 17.8. The second kappa shape index (κ2) is 7.29. The first-order valence-corrected chi connectivity index (χ1v) is 11.4. The Morgan fingerprint density at radius 3 is 2.57 bits per heavy atom. The normalized spacial score (nSPS) is 15.5. The molecular weight excluding hydrogens is 392 g/mol. The van der Waals surface area contributed by atoms with Crippen LogP contribution < -0.4 is 4.90 Å². The van der Waals surface area contributed by atoms with Crippen molar-refractivity contribution in [1.82, 2.24) is 15.0 Å². The highest BCUT2D eigenvalue weighted by Crippen LogP contribution is 2.44. The number of nitrogens with zero attached hydrogens (tertiary/aromatic N) is 4. The van der Waals surface area contributed by atoms with Crippen molar-refractivity contribution in [1.29, 1.82) is 0 Å². The topological polar surface area (TPSA) is 51.1 Å². The molecule has 0 aliphatic carbocycles. The van der Waals surface area contributed by atoms with E-state index in [-0.39, 0.29) is 5.60 Å². The summed E-state index contributed by atoms with van der Waals surface area (Å²) in [6.45, 7) is 11.1. The molecule has 1 aliphatic rings. The molecule has 4 heterocycles. The number of thiophene rings is 1. The molecule has 0 radical (unpaired) electrons. The summed E-state index contributed by atoms with van der Waals surface area (Å²) in [5.41, 5.74) is 5.48. The van der Waals surface area contributed by atoms with Gasteiger partial charge in [-0.25, -0.2) is 15.0 Å². The first-order chi connectivity index (χ1) is 14.5. The fourth-order valence-electron chi connectivity index (χ4n) is 4.38. The third-order valence-corrected chi connectivity index (χ3v) is 6.99. The van der Waals surface area contributed by atoms with Crippen LogP contribution in [0.15, 0.2) is 36.7 Å². The molecule has 1 aliphatic heterocycles. The molecule has 5 rings (SSSR count). The Balaban J connectivity index is 1.86. The lowest BCUT2D eigenvalue weighted by Crippen LogP contribution is -2.32. The lowest BCUT2D eigenvalue weighted by Gasteiger charge is -2.33. The molecule has 0 bridgehead atoms. The van der Waals surface area contributed by atoms with Gasteiger partial charge in [-0.15, -0.1) is 11.3 Å². The van der Waals surface area contributed by atoms with Gasteiger partial charge in [-0.05, 0) is 33.3 Å². The van der Waals surface area contributed by atoms with E-state index in [0.717, 1.165) is 51.6 Å². The van der Waals surface area contributed by atoms with Gasteiger partial charge in [0, 0.05) is 36.0 Å². The fraction of sp³-hybridized carbons (Fsp3) is 0.375. The maximum Gasteiger partial charge on any atom is 0.150 e. The van der Waals surface area contributed by atoms with Crippen molar-refractivity contribution in [2.45, 2.75) is 46.3 Å². The van der Waals surface area contributed by atoms with E-state index in [4.69, 9.17) is 14.7 Å². The Morgan fingerprint density at radius 1 is 1.07 bits per heavy atom. The highest BCUT2D eigenvalue weighted by molar-refractivity contribution is 7.26. The average Bonchev–Trinajstić information content (AvgIpc) is 3.13. The zero-order chi connectivity index (χ0) is 20.9. The van der Waals surface area contributed by atoms with Crippen LogP contribution in [0.4, 0.5) is 5.82 Å². The van der Waals surface area contributed by atoms with E-state index in [0.29, 0.717) is 6.61 Å². The molecule has 0 unspecified atom stereocenters. The van der Waals surface area contributed by atoms with Gasteiger partial charge in [0.15, 0.2) is 0 Å². The molecule has 6 heteroatoms. The third kappa shape index (κ3) is 3.06. The molecule has 0 saturated heterocycles. The Hall–Kier alpha value is -2.57. The van der Waals surface area contributed by atoms with Crippen LogP contribution in [0, 0.1) is 0 Å². The molecule has 30 heavy (non-hydrogen) atoms. The SMILES string of the molecule is CCN(CC)c1ncnc2c1sc1nc(-c3ccccc3)c3c(c12)CC(C)(C)OC3. The van der Waals surface area contributed by atoms with Gasteiger partial charge in [-0.1, -0.05) is 30.3 Å². The molecule has 0 N–H and O–H groups in total. The number of aromatic nitrogens is 3. The summed E-state index contributed by atoms with van der Waals surface area (Å²) in [7, 11) is 0. The maximum atomic E-state index is 6.21. The van der Waals surface area contributed by atoms with Gasteiger partial charge >= 0.3 is 0 Å². The Labute approximate surface area is 180 Å². The first kappa shape index (κ1) is 19.4. The highest BCUT2D eigenvalue weighted by atomic mass is 32.1. The van der Waals surface area contributed by atoms with Gasteiger partial charge < -0.3 is 9.64 Å². The molecule has 1 aromatic carbocycles. The van der Waals surface area contributed by atoms with Crippen molar-refractivity contribution in [3.05, 3.63) is 47.8 Å². The monoisotopic (exact) mass is 418 g/mol. The van der Waals surface area contributed by atoms with Crippen LogP contribution in [0.25, 0.3) is 31.7 Å². The summed E-state index contributed by atoms with van der Waals surface area (Å²) in [5.74, 6) is 1.01. The van der Waals surface area contributed by atoms with Crippen molar-refractivity contribution < 1.29 is 4.74 Å². The fourth-order valence-corrected chi connectivity index (χ4v) is 5.55. The van der Waals surface area contributed by atoms with Crippen LogP contribution in [0.5, 0.6) is 0 Å². The van der Waals surface area contributed by atoms with Gasteiger partial charge in [0.1, 0.15) is 17.0 Å². The Morgan fingerprint density at radius 2 is 1.83 bits per heavy atom. The van der Waals surface area contributed by atoms with Crippen LogP contribution in [-0.4, -0.2) is 33.6 Å². The van der Waals surface area contributed by atoms with Crippen molar-refractivity contribution in [2.75, 3.05) is 18.0 Å². The largest absolute Gasteiger partial charge is 0.370 e. The molecule has 0 amide bonds. The number of hydrogen-bond donors (Lipinski definition) is 0. The highest BCUT2D eigenvalue weighted by Gasteiger charge is 2.32. The van der Waals surface area contributed by atoms with Gasteiger partial charge in [-0.3, -0.25) is 0 Å². The average molecular weight is 419 g/mol. The number of fused-ring (bicyclic) bond motifs is 5. The summed E-state index contributed by atoms with van der Waals surface area (Å²) < 4.78 is 7.34. The van der Waals surface area contributed by atoms with Crippen molar-refractivity contribution in [3.8, 4) is 11.3 Å². The van der Waals surface area contributed by atoms with Crippen molar-refractivity contribution in [2.24, 2.45) is 0 Å². The van der Waals surface area contributed by atoms with E-state index >= 15 is 0 Å². The van der Waals surface area contributed by atoms with E-state index in [1.54, 1.807) is 17.7 Å². The molecule has 0 fully saturated rings. The van der Waals surface area contributed by atoms with E-state index in [1.165, 1.54) is 16.5 Å². The predicted molar refractivity (Wildman–Crippen MR) is 124 cm³/mol. The van der Waals surface area contributed by atoms with Crippen molar-refractivity contribution >= 4 is 37.6 Å². The number of anilines is 1. The minimum atomic E-state index is -0.210. The lowest BCUT2D eigenvalue weighted by molar-refractivity contribution is -0.0394. The molecule has 4 aromatic rings. The van der Waals surface area contributed by atoms with Crippen LogP contribution in [-0.2, 0) is 17.8 Å². The minimum Gasteiger partial charge on any atom is -0.370 e. The summed E-state index contributed by atoms with van der Waals surface area (Å²) >= 11 is 1.71. The van der Waals surface area contributed by atoms with E-state index in [9.17, 15) is 0 Å². The predicted octanol–water partition coefficient (Wildman–Crippen LogP) is 5.60. The smallest absolute Gasteiger partial charge is 0.150 e. The second-order valence-electron chi connectivity index (χ2n) is 8.34. The van der Waals surface area contributed by atoms with E-state index in [1.807, 2.05) is 6.07 Å². The molecule has 154 valence electrons. The first-order valence-electron chi connectivity index (χ1n) is 10.6. The van der Waals surface area contributed by atoms with Gasteiger partial charge in [0.25, 0.3) is 0 Å². The molecule has 3 aromatic heterocycles. The molecule has 0 saturated carbocycles. The lowest BCUT2D eigenvalue weighted by atomic mass is 9.88. The number of hydrogen-bond acceptors (Lipinski definition) is 6. The van der Waals surface area contributed by atoms with Gasteiger partial charge in [-0.2, -0.15) is 0 Å². The number of rotatable bonds is 4. The van der Waals surface area contributed by atoms with Crippen LogP contribution in [0.2, 0.25) is 0 Å². The summed E-state index contributed by atoms with van der Waals surface area (Å²) in [6.07, 6.45) is 2.54. The van der Waals surface area contributed by atoms with Gasteiger partial charge in [0.05, 0.1) is 28.1 Å². The zero-order valence-electron chi connectivity index (χ0n) is 17.9. The molecule has 0 spiro atoms. The Bertz CT molecular complexity index is 1230. The number of ether oxygens (including phenoxy) is 1. The molecular formula is C24H26N4OS. The summed E-state index contributed by atoms with van der Waals surface area (Å²) in [5, 5.41) is 1.18. The number of pyridine rings is 1. The number of benzene rings is 1. The minimum absolute atomic E-state index is 0.210. The maximum absolute atomic E-state index is 6.21. The van der Waals surface area contributed by atoms with E-state index < -0.39 is 0 Å². The van der Waals surface area contributed by atoms with Gasteiger partial charge in [0.2, 0.25) is 0 Å². The van der Waals surface area contributed by atoms with E-state index in [2.05, 4.69) is 61.8 Å². The standard InChI is InChI=1S/C24H26N4OS/c1-5-28(6-2)22-21-20(25-14-26-22)18-16-12-24(3,4)29-13-17(16)19(27-23(18)30-21)15-10-8-7-9-11-15/h7-11,14H,5-6,12-13H2,1-4H3. The van der Waals surface area contributed by atoms with Crippen LogP contribution in [0.1, 0.15) is 38.8 Å². The van der Waals surface area contributed by atoms with Crippen molar-refractivity contribution in [3.63, 3.8) is 0 Å². The third-order valence-electron chi connectivity index (χ3n) is 5.92. The van der Waals surface area contributed by atoms with Crippen LogP contribution >= 0.6 is 11.3 Å². The quantitative estimate of drug-likeness (QED) is 0.431. The molecule has 0 atom stereocenters. The summed E-state index contributed by atoms with van der Waals surface area (Å²) in [6, 6.07) is 10.4. The second-order valence-corrected chi connectivity index (χ2v) is 9.34. The molecule has 5 nitrogen and oxygen atoms in total. The Kier molecular flexibility index (Phi) is 4.71. The zero-order valence-corrected chi connectivity index (χ0v) is 18.7.